The molecule has 2 amide bonds. The monoisotopic (exact) mass is 491 g/mol. The number of halogens is 3. The third kappa shape index (κ3) is 3.13. The molecule has 2 saturated heterocycles. The van der Waals surface area contributed by atoms with Gasteiger partial charge >= 0.3 is 0 Å². The molecule has 3 aliphatic heterocycles. The van der Waals surface area contributed by atoms with Crippen molar-refractivity contribution in [2.24, 2.45) is 16.9 Å². The number of hydrogen-bond acceptors (Lipinski definition) is 5. The van der Waals surface area contributed by atoms with Crippen LogP contribution in [0.25, 0.3) is 0 Å². The molecule has 3 aromatic rings. The van der Waals surface area contributed by atoms with E-state index in [1.54, 1.807) is 6.21 Å². The van der Waals surface area contributed by atoms with E-state index in [4.69, 9.17) is 11.6 Å². The number of imide groups is 1. The van der Waals surface area contributed by atoms with Crippen molar-refractivity contribution in [1.29, 1.82) is 0 Å². The van der Waals surface area contributed by atoms with Gasteiger partial charge in [0.1, 0.15) is 17.7 Å². The first-order chi connectivity index (χ1) is 16.9. The van der Waals surface area contributed by atoms with Gasteiger partial charge in [0.25, 0.3) is 0 Å². The predicted molar refractivity (Wildman–Crippen MR) is 124 cm³/mol. The first-order valence-corrected chi connectivity index (χ1v) is 11.3. The predicted octanol–water partition coefficient (Wildman–Crippen LogP) is 4.38. The van der Waals surface area contributed by atoms with Gasteiger partial charge in [-0.1, -0.05) is 35.9 Å². The van der Waals surface area contributed by atoms with Crippen LogP contribution in [0.15, 0.2) is 71.8 Å². The van der Waals surface area contributed by atoms with E-state index in [9.17, 15) is 23.2 Å². The van der Waals surface area contributed by atoms with E-state index in [1.807, 2.05) is 24.3 Å². The molecule has 6 nitrogen and oxygen atoms in total. The summed E-state index contributed by atoms with van der Waals surface area (Å²) in [6.45, 7) is 0. The lowest BCUT2D eigenvalue weighted by Gasteiger charge is -2.33. The van der Waals surface area contributed by atoms with E-state index >= 15 is 0 Å². The van der Waals surface area contributed by atoms with Gasteiger partial charge in [0, 0.05) is 5.56 Å². The van der Waals surface area contributed by atoms with Crippen molar-refractivity contribution < 1.29 is 23.2 Å². The highest BCUT2D eigenvalue weighted by atomic mass is 35.5. The van der Waals surface area contributed by atoms with Crippen molar-refractivity contribution in [2.45, 2.75) is 12.1 Å². The summed E-state index contributed by atoms with van der Waals surface area (Å²) in [7, 11) is 0. The van der Waals surface area contributed by atoms with Crippen molar-refractivity contribution in [3.05, 3.63) is 100 Å². The zero-order valence-electron chi connectivity index (χ0n) is 17.9. The average Bonchev–Trinajstić information content (AvgIpc) is 3.33. The second-order valence-corrected chi connectivity index (χ2v) is 9.08. The Balaban J connectivity index is 1.50. The summed E-state index contributed by atoms with van der Waals surface area (Å²) in [5.74, 6) is -4.68. The zero-order valence-corrected chi connectivity index (χ0v) is 18.7. The highest BCUT2D eigenvalue weighted by Gasteiger charge is 2.65. The van der Waals surface area contributed by atoms with Gasteiger partial charge in [0.15, 0.2) is 5.78 Å². The summed E-state index contributed by atoms with van der Waals surface area (Å²) < 4.78 is 27.3. The largest absolute Gasteiger partial charge is 0.292 e. The zero-order chi connectivity index (χ0) is 24.4. The molecule has 0 N–H and O–H groups in total. The Kier molecular flexibility index (Phi) is 4.82. The van der Waals surface area contributed by atoms with Crippen LogP contribution in [0.1, 0.15) is 27.5 Å². The van der Waals surface area contributed by atoms with Crippen LogP contribution in [-0.4, -0.2) is 34.9 Å². The molecule has 0 spiro atoms. The smallest absolute Gasteiger partial charge is 0.240 e. The second kappa shape index (κ2) is 7.81. The van der Waals surface area contributed by atoms with Crippen molar-refractivity contribution in [2.75, 3.05) is 4.90 Å². The molecule has 0 bridgehead atoms. The third-order valence-electron chi connectivity index (χ3n) is 6.85. The fraction of sp³-hybridized carbons (Fsp3) is 0.154. The summed E-state index contributed by atoms with van der Waals surface area (Å²) in [5, 5.41) is 5.77. The van der Waals surface area contributed by atoms with E-state index < -0.39 is 53.2 Å². The number of Topliss-reactive ketones (excluding diaryl/α,β-unsaturated/α-hetero) is 1. The molecule has 3 aliphatic rings. The number of fused-ring (bicyclic) bond motifs is 5. The standard InChI is InChI=1S/C26H16ClF2N3O3/c27-18-11-16(9-10-19(18)29)31-25(34)20-21(26(31)35)23(24(33)13-5-7-15(28)8-6-13)32-22(20)17-4-2-1-3-14(17)12-30-32/h1-12,20-23H. The van der Waals surface area contributed by atoms with E-state index in [1.165, 1.54) is 41.4 Å². The normalized spacial score (nSPS) is 24.4. The van der Waals surface area contributed by atoms with Crippen molar-refractivity contribution in [1.82, 2.24) is 5.01 Å². The molecule has 0 saturated carbocycles. The topological polar surface area (TPSA) is 70.0 Å². The first-order valence-electron chi connectivity index (χ1n) is 10.9. The summed E-state index contributed by atoms with van der Waals surface area (Å²) in [6, 6.07) is 14.2. The third-order valence-corrected chi connectivity index (χ3v) is 7.14. The number of carbonyl (C=O) groups excluding carboxylic acids is 3. The molecule has 0 radical (unpaired) electrons. The molecule has 2 fully saturated rings. The summed E-state index contributed by atoms with van der Waals surface area (Å²) in [6.07, 6.45) is 1.60. The van der Waals surface area contributed by atoms with E-state index in [0.717, 1.165) is 22.1 Å². The molecule has 3 heterocycles. The van der Waals surface area contributed by atoms with E-state index in [-0.39, 0.29) is 16.3 Å². The Morgan fingerprint density at radius 2 is 1.63 bits per heavy atom. The van der Waals surface area contributed by atoms with Crippen LogP contribution < -0.4 is 4.90 Å². The van der Waals surface area contributed by atoms with Crippen LogP contribution in [0.4, 0.5) is 14.5 Å². The van der Waals surface area contributed by atoms with Gasteiger partial charge in [-0.15, -0.1) is 0 Å². The quantitative estimate of drug-likeness (QED) is 0.403. The van der Waals surface area contributed by atoms with Gasteiger partial charge in [-0.2, -0.15) is 5.10 Å². The van der Waals surface area contributed by atoms with Gasteiger partial charge in [-0.05, 0) is 53.6 Å². The number of nitrogens with zero attached hydrogens (tertiary/aromatic N) is 3. The van der Waals surface area contributed by atoms with E-state index in [0.29, 0.717) is 0 Å². The fourth-order valence-corrected chi connectivity index (χ4v) is 5.51. The lowest BCUT2D eigenvalue weighted by molar-refractivity contribution is -0.124. The number of rotatable bonds is 3. The Bertz CT molecular complexity index is 1440. The molecular weight excluding hydrogens is 476 g/mol. The van der Waals surface area contributed by atoms with E-state index in [2.05, 4.69) is 5.10 Å². The Labute approximate surface area is 203 Å². The maximum atomic E-state index is 13.8. The number of hydrogen-bond donors (Lipinski definition) is 0. The Morgan fingerprint density at radius 3 is 2.37 bits per heavy atom. The first kappa shape index (κ1) is 21.6. The van der Waals surface area contributed by atoms with Crippen LogP contribution in [0.3, 0.4) is 0 Å². The molecule has 6 rings (SSSR count). The number of benzene rings is 3. The van der Waals surface area contributed by atoms with Crippen LogP contribution in [0.2, 0.25) is 5.02 Å². The molecule has 174 valence electrons. The van der Waals surface area contributed by atoms with Gasteiger partial charge in [0.05, 0.1) is 34.8 Å². The fourth-order valence-electron chi connectivity index (χ4n) is 5.33. The molecule has 4 atom stereocenters. The minimum atomic E-state index is -1.09. The second-order valence-electron chi connectivity index (χ2n) is 8.68. The minimum Gasteiger partial charge on any atom is -0.292 e. The average molecular weight is 492 g/mol. The van der Waals surface area contributed by atoms with Crippen LogP contribution in [0.5, 0.6) is 0 Å². The van der Waals surface area contributed by atoms with Gasteiger partial charge in [0.2, 0.25) is 11.8 Å². The molecule has 35 heavy (non-hydrogen) atoms. The van der Waals surface area contributed by atoms with Crippen LogP contribution >= 0.6 is 11.6 Å². The van der Waals surface area contributed by atoms with Crippen LogP contribution in [0, 0.1) is 23.5 Å². The molecular formula is C26H16ClF2N3O3. The lowest BCUT2D eigenvalue weighted by Crippen LogP contribution is -2.44. The number of carbonyl (C=O) groups is 3. The molecule has 0 aliphatic carbocycles. The molecule has 4 unspecified atom stereocenters. The summed E-state index contributed by atoms with van der Waals surface area (Å²) in [5.41, 5.74) is 1.89. The number of amides is 2. The Morgan fingerprint density at radius 1 is 0.914 bits per heavy atom. The summed E-state index contributed by atoms with van der Waals surface area (Å²) in [4.78, 5) is 42.1. The highest BCUT2D eigenvalue weighted by molar-refractivity contribution is 6.31. The van der Waals surface area contributed by atoms with Gasteiger partial charge < -0.3 is 0 Å². The van der Waals surface area contributed by atoms with Crippen molar-refractivity contribution >= 4 is 41.1 Å². The number of ketones is 1. The summed E-state index contributed by atoms with van der Waals surface area (Å²) >= 11 is 5.92. The van der Waals surface area contributed by atoms with Crippen LogP contribution in [-0.2, 0) is 9.59 Å². The van der Waals surface area contributed by atoms with Crippen molar-refractivity contribution in [3.63, 3.8) is 0 Å². The van der Waals surface area contributed by atoms with Crippen molar-refractivity contribution in [3.8, 4) is 0 Å². The Hall–Kier alpha value is -3.91. The SMILES string of the molecule is O=C(c1ccc(F)cc1)C1C2C(=O)N(c3ccc(F)c(Cl)c3)C(=O)C2C2c3ccccc3C=NN12. The number of hydrazone groups is 1. The highest BCUT2D eigenvalue weighted by Crippen LogP contribution is 2.53. The molecule has 3 aromatic carbocycles. The van der Waals surface area contributed by atoms with Gasteiger partial charge in [-0.3, -0.25) is 19.4 Å². The number of anilines is 1. The lowest BCUT2D eigenvalue weighted by atomic mass is 9.83. The maximum absolute atomic E-state index is 13.8. The molecule has 9 heteroatoms. The molecule has 0 aromatic heterocycles. The van der Waals surface area contributed by atoms with Gasteiger partial charge in [-0.25, -0.2) is 13.7 Å². The maximum Gasteiger partial charge on any atom is 0.240 e. The minimum absolute atomic E-state index is 0.132.